The second kappa shape index (κ2) is 6.34. The molecule has 1 amide bonds. The average molecular weight is 310 g/mol. The van der Waals surface area contributed by atoms with Crippen LogP contribution in [-0.4, -0.2) is 24.9 Å². The molecular weight excluding hydrogens is 290 g/mol. The zero-order valence-corrected chi connectivity index (χ0v) is 12.7. The Labute approximate surface area is 129 Å². The van der Waals surface area contributed by atoms with Crippen molar-refractivity contribution in [2.75, 3.05) is 13.2 Å². The van der Waals surface area contributed by atoms with Crippen molar-refractivity contribution in [3.8, 4) is 0 Å². The third kappa shape index (κ3) is 3.57. The van der Waals surface area contributed by atoms with E-state index < -0.39 is 5.79 Å². The van der Waals surface area contributed by atoms with Gasteiger partial charge in [0.2, 0.25) is 5.91 Å². The van der Waals surface area contributed by atoms with Crippen LogP contribution in [0.4, 0.5) is 0 Å². The van der Waals surface area contributed by atoms with Crippen LogP contribution in [0.1, 0.15) is 31.2 Å². The number of nitrogens with one attached hydrogen (secondary N) is 1. The lowest BCUT2D eigenvalue weighted by Crippen LogP contribution is -2.40. The summed E-state index contributed by atoms with van der Waals surface area (Å²) in [6.45, 7) is 1.89. The lowest BCUT2D eigenvalue weighted by Gasteiger charge is -2.34. The van der Waals surface area contributed by atoms with Crippen molar-refractivity contribution in [3.63, 3.8) is 0 Å². The quantitative estimate of drug-likeness (QED) is 0.934. The Kier molecular flexibility index (Phi) is 4.48. The van der Waals surface area contributed by atoms with E-state index in [0.29, 0.717) is 24.8 Å². The summed E-state index contributed by atoms with van der Waals surface area (Å²) in [4.78, 5) is 12.2. The number of halogens is 1. The molecule has 1 saturated heterocycles. The number of benzene rings is 1. The number of ether oxygens (including phenoxy) is 2. The molecule has 1 N–H and O–H groups in total. The van der Waals surface area contributed by atoms with Crippen molar-refractivity contribution >= 4 is 17.5 Å². The molecule has 2 aliphatic rings. The van der Waals surface area contributed by atoms with Crippen molar-refractivity contribution in [1.29, 1.82) is 0 Å². The maximum Gasteiger partial charge on any atom is 0.223 e. The summed E-state index contributed by atoms with van der Waals surface area (Å²) in [5.41, 5.74) is 1.06. The minimum Gasteiger partial charge on any atom is -0.352 e. The van der Waals surface area contributed by atoms with Crippen LogP contribution in [0.25, 0.3) is 0 Å². The van der Waals surface area contributed by atoms with E-state index in [-0.39, 0.29) is 11.8 Å². The molecule has 0 bridgehead atoms. The Morgan fingerprint density at radius 1 is 1.19 bits per heavy atom. The molecule has 114 valence electrons. The molecule has 1 heterocycles. The average Bonchev–Trinajstić information content (AvgIpc) is 2.95. The van der Waals surface area contributed by atoms with Gasteiger partial charge in [-0.25, -0.2) is 0 Å². The summed E-state index contributed by atoms with van der Waals surface area (Å²) in [7, 11) is 0. The first kappa shape index (κ1) is 14.8. The Bertz CT molecular complexity index is 487. The molecule has 5 heteroatoms. The van der Waals surface area contributed by atoms with Crippen molar-refractivity contribution in [1.82, 2.24) is 5.32 Å². The maximum absolute atomic E-state index is 12.2. The molecule has 1 saturated carbocycles. The van der Waals surface area contributed by atoms with Crippen LogP contribution in [0.3, 0.4) is 0 Å². The second-order valence-electron chi connectivity index (χ2n) is 5.73. The topological polar surface area (TPSA) is 47.6 Å². The first-order valence-electron chi connectivity index (χ1n) is 7.47. The molecule has 2 fully saturated rings. The molecule has 0 atom stereocenters. The summed E-state index contributed by atoms with van der Waals surface area (Å²) in [6.07, 6.45) is 3.27. The van der Waals surface area contributed by atoms with Gasteiger partial charge in [-0.15, -0.1) is 0 Å². The molecule has 0 unspecified atom stereocenters. The predicted octanol–water partition coefficient (Wildman–Crippen LogP) is 2.89. The SMILES string of the molecule is O=C(NCc1ccc(Cl)cc1)C1CCC2(CC1)OCCO2. The van der Waals surface area contributed by atoms with Gasteiger partial charge in [0, 0.05) is 30.3 Å². The van der Waals surface area contributed by atoms with Gasteiger partial charge in [-0.2, -0.15) is 0 Å². The van der Waals surface area contributed by atoms with Gasteiger partial charge < -0.3 is 14.8 Å². The van der Waals surface area contributed by atoms with E-state index in [9.17, 15) is 4.79 Å². The summed E-state index contributed by atoms with van der Waals surface area (Å²) < 4.78 is 11.4. The number of carbonyl (C=O) groups is 1. The second-order valence-corrected chi connectivity index (χ2v) is 6.16. The minimum absolute atomic E-state index is 0.0655. The van der Waals surface area contributed by atoms with E-state index in [2.05, 4.69) is 5.32 Å². The fourth-order valence-corrected chi connectivity index (χ4v) is 3.17. The Balaban J connectivity index is 1.47. The van der Waals surface area contributed by atoms with Gasteiger partial charge >= 0.3 is 0 Å². The highest BCUT2D eigenvalue weighted by Gasteiger charge is 2.41. The number of rotatable bonds is 3. The molecular formula is C16H20ClNO3. The highest BCUT2D eigenvalue weighted by molar-refractivity contribution is 6.30. The van der Waals surface area contributed by atoms with E-state index in [1.165, 1.54) is 0 Å². The lowest BCUT2D eigenvalue weighted by molar-refractivity contribution is -0.183. The first-order valence-corrected chi connectivity index (χ1v) is 7.85. The third-order valence-corrected chi connectivity index (χ3v) is 4.56. The summed E-state index contributed by atoms with van der Waals surface area (Å²) in [5.74, 6) is -0.207. The van der Waals surface area contributed by atoms with Crippen LogP contribution in [-0.2, 0) is 20.8 Å². The minimum atomic E-state index is -0.396. The van der Waals surface area contributed by atoms with E-state index in [4.69, 9.17) is 21.1 Å². The predicted molar refractivity (Wildman–Crippen MR) is 79.9 cm³/mol. The molecule has 1 aliphatic carbocycles. The van der Waals surface area contributed by atoms with Gasteiger partial charge in [0.05, 0.1) is 13.2 Å². The van der Waals surface area contributed by atoms with Gasteiger partial charge in [-0.05, 0) is 30.5 Å². The lowest BCUT2D eigenvalue weighted by atomic mass is 9.84. The van der Waals surface area contributed by atoms with E-state index in [1.54, 1.807) is 0 Å². The van der Waals surface area contributed by atoms with E-state index >= 15 is 0 Å². The van der Waals surface area contributed by atoms with Gasteiger partial charge in [0.1, 0.15) is 0 Å². The molecule has 0 aromatic heterocycles. The number of amides is 1. The van der Waals surface area contributed by atoms with Crippen molar-refractivity contribution in [2.24, 2.45) is 5.92 Å². The highest BCUT2D eigenvalue weighted by atomic mass is 35.5. The first-order chi connectivity index (χ1) is 10.2. The highest BCUT2D eigenvalue weighted by Crippen LogP contribution is 2.38. The van der Waals surface area contributed by atoms with Crippen LogP contribution < -0.4 is 5.32 Å². The summed E-state index contributed by atoms with van der Waals surface area (Å²) in [5, 5.41) is 3.71. The van der Waals surface area contributed by atoms with Crippen LogP contribution >= 0.6 is 11.6 Å². The molecule has 1 aromatic carbocycles. The monoisotopic (exact) mass is 309 g/mol. The molecule has 1 aromatic rings. The van der Waals surface area contributed by atoms with Gasteiger partial charge in [-0.3, -0.25) is 4.79 Å². The summed E-state index contributed by atoms with van der Waals surface area (Å²) >= 11 is 5.84. The standard InChI is InChI=1S/C16H20ClNO3/c17-14-3-1-12(2-4-14)11-18-15(19)13-5-7-16(8-6-13)20-9-10-21-16/h1-4,13H,5-11H2,(H,18,19). The van der Waals surface area contributed by atoms with Crippen molar-refractivity contribution < 1.29 is 14.3 Å². The van der Waals surface area contributed by atoms with Crippen LogP contribution in [0.15, 0.2) is 24.3 Å². The van der Waals surface area contributed by atoms with Gasteiger partial charge in [0.25, 0.3) is 0 Å². The zero-order valence-electron chi connectivity index (χ0n) is 11.9. The Morgan fingerprint density at radius 2 is 1.81 bits per heavy atom. The van der Waals surface area contributed by atoms with Crippen LogP contribution in [0, 0.1) is 5.92 Å². The fraction of sp³-hybridized carbons (Fsp3) is 0.562. The normalized spacial score (nSPS) is 21.6. The van der Waals surface area contributed by atoms with Gasteiger partial charge in [0.15, 0.2) is 5.79 Å². The number of hydrogen-bond acceptors (Lipinski definition) is 3. The smallest absolute Gasteiger partial charge is 0.223 e. The molecule has 4 nitrogen and oxygen atoms in total. The molecule has 21 heavy (non-hydrogen) atoms. The van der Waals surface area contributed by atoms with E-state index in [0.717, 1.165) is 31.2 Å². The zero-order chi connectivity index (χ0) is 14.7. The maximum atomic E-state index is 12.2. The Hall–Kier alpha value is -1.10. The van der Waals surface area contributed by atoms with Gasteiger partial charge in [-0.1, -0.05) is 23.7 Å². The molecule has 1 aliphatic heterocycles. The van der Waals surface area contributed by atoms with Crippen LogP contribution in [0.2, 0.25) is 5.02 Å². The number of hydrogen-bond donors (Lipinski definition) is 1. The Morgan fingerprint density at radius 3 is 2.43 bits per heavy atom. The third-order valence-electron chi connectivity index (χ3n) is 4.31. The molecule has 1 spiro atoms. The van der Waals surface area contributed by atoms with Crippen molar-refractivity contribution in [3.05, 3.63) is 34.9 Å². The van der Waals surface area contributed by atoms with Crippen molar-refractivity contribution in [2.45, 2.75) is 38.0 Å². The molecule has 3 rings (SSSR count). The summed E-state index contributed by atoms with van der Waals surface area (Å²) in [6, 6.07) is 7.53. The molecule has 0 radical (unpaired) electrons. The largest absolute Gasteiger partial charge is 0.352 e. The fourth-order valence-electron chi connectivity index (χ4n) is 3.04. The van der Waals surface area contributed by atoms with Crippen LogP contribution in [0.5, 0.6) is 0 Å². The number of carbonyl (C=O) groups excluding carboxylic acids is 1. The van der Waals surface area contributed by atoms with E-state index in [1.807, 2.05) is 24.3 Å².